The van der Waals surface area contributed by atoms with E-state index in [1.54, 1.807) is 32.4 Å². The van der Waals surface area contributed by atoms with Crippen LogP contribution < -0.4 is 20.5 Å². The lowest BCUT2D eigenvalue weighted by atomic mass is 10.1. The highest BCUT2D eigenvalue weighted by atomic mass is 16.5. The summed E-state index contributed by atoms with van der Waals surface area (Å²) in [6.45, 7) is 3.04. The Labute approximate surface area is 125 Å². The van der Waals surface area contributed by atoms with Crippen LogP contribution in [-0.4, -0.2) is 39.4 Å². The molecule has 0 saturated heterocycles. The maximum Gasteiger partial charge on any atom is 0.241 e. The van der Waals surface area contributed by atoms with Crippen LogP contribution in [0.15, 0.2) is 18.2 Å². The molecule has 0 aliphatic rings. The summed E-state index contributed by atoms with van der Waals surface area (Å²) in [5, 5.41) is 2.77. The van der Waals surface area contributed by atoms with Crippen molar-refractivity contribution in [1.29, 1.82) is 0 Å². The lowest BCUT2D eigenvalue weighted by Gasteiger charge is -2.14. The van der Waals surface area contributed by atoms with E-state index in [0.29, 0.717) is 36.8 Å². The summed E-state index contributed by atoms with van der Waals surface area (Å²) in [5.41, 5.74) is 6.46. The van der Waals surface area contributed by atoms with Gasteiger partial charge < -0.3 is 25.3 Å². The van der Waals surface area contributed by atoms with Gasteiger partial charge in [-0.25, -0.2) is 0 Å². The molecule has 1 unspecified atom stereocenters. The molecule has 0 aliphatic carbocycles. The highest BCUT2D eigenvalue weighted by Crippen LogP contribution is 2.30. The van der Waals surface area contributed by atoms with Crippen LogP contribution in [-0.2, 0) is 9.53 Å². The third-order valence-corrected chi connectivity index (χ3v) is 2.93. The smallest absolute Gasteiger partial charge is 0.241 e. The molecule has 6 nitrogen and oxygen atoms in total. The SMILES string of the molecule is CCOc1ccc(NC(=O)C(N)CCCOC)cc1OC. The Morgan fingerprint density at radius 2 is 2.10 bits per heavy atom. The van der Waals surface area contributed by atoms with Crippen LogP contribution in [0, 0.1) is 0 Å². The Hall–Kier alpha value is -1.79. The molecule has 1 aromatic rings. The summed E-state index contributed by atoms with van der Waals surface area (Å²) in [6.07, 6.45) is 1.32. The number of hydrogen-bond acceptors (Lipinski definition) is 5. The van der Waals surface area contributed by atoms with Crippen LogP contribution in [0.25, 0.3) is 0 Å². The quantitative estimate of drug-likeness (QED) is 0.679. The van der Waals surface area contributed by atoms with Gasteiger partial charge in [0, 0.05) is 25.5 Å². The van der Waals surface area contributed by atoms with E-state index >= 15 is 0 Å². The number of ether oxygens (including phenoxy) is 3. The Bertz CT molecular complexity index is 451. The second kappa shape index (κ2) is 9.20. The van der Waals surface area contributed by atoms with Crippen LogP contribution >= 0.6 is 0 Å². The number of carbonyl (C=O) groups excluding carboxylic acids is 1. The summed E-state index contributed by atoms with van der Waals surface area (Å²) in [4.78, 5) is 12.0. The van der Waals surface area contributed by atoms with E-state index in [9.17, 15) is 4.79 Å². The van der Waals surface area contributed by atoms with Crippen molar-refractivity contribution in [3.63, 3.8) is 0 Å². The van der Waals surface area contributed by atoms with Crippen molar-refractivity contribution in [2.75, 3.05) is 32.8 Å². The largest absolute Gasteiger partial charge is 0.493 e. The third kappa shape index (κ3) is 5.61. The molecule has 0 aliphatic heterocycles. The minimum absolute atomic E-state index is 0.225. The number of nitrogens with one attached hydrogen (secondary N) is 1. The lowest BCUT2D eigenvalue weighted by molar-refractivity contribution is -0.117. The molecule has 0 aromatic heterocycles. The van der Waals surface area contributed by atoms with E-state index in [1.165, 1.54) is 0 Å². The fourth-order valence-electron chi connectivity index (χ4n) is 1.83. The Kier molecular flexibility index (Phi) is 7.56. The molecule has 21 heavy (non-hydrogen) atoms. The van der Waals surface area contributed by atoms with Crippen LogP contribution in [0.3, 0.4) is 0 Å². The third-order valence-electron chi connectivity index (χ3n) is 2.93. The molecule has 0 spiro atoms. The van der Waals surface area contributed by atoms with Crippen LogP contribution in [0.5, 0.6) is 11.5 Å². The molecule has 0 saturated carbocycles. The van der Waals surface area contributed by atoms with E-state index in [-0.39, 0.29) is 5.91 Å². The summed E-state index contributed by atoms with van der Waals surface area (Å²) >= 11 is 0. The maximum absolute atomic E-state index is 12.0. The van der Waals surface area contributed by atoms with E-state index in [2.05, 4.69) is 5.32 Å². The molecule has 0 heterocycles. The van der Waals surface area contributed by atoms with E-state index in [4.69, 9.17) is 19.9 Å². The van der Waals surface area contributed by atoms with Gasteiger partial charge in [0.1, 0.15) is 0 Å². The minimum Gasteiger partial charge on any atom is -0.493 e. The van der Waals surface area contributed by atoms with Gasteiger partial charge in [-0.05, 0) is 31.9 Å². The number of benzene rings is 1. The van der Waals surface area contributed by atoms with Crippen LogP contribution in [0.2, 0.25) is 0 Å². The van der Waals surface area contributed by atoms with Gasteiger partial charge in [-0.15, -0.1) is 0 Å². The first kappa shape index (κ1) is 17.3. The monoisotopic (exact) mass is 296 g/mol. The number of hydrogen-bond donors (Lipinski definition) is 2. The first-order valence-electron chi connectivity index (χ1n) is 6.98. The molecule has 0 radical (unpaired) electrons. The molecular formula is C15H24N2O4. The maximum atomic E-state index is 12.0. The van der Waals surface area contributed by atoms with Crippen molar-refractivity contribution < 1.29 is 19.0 Å². The zero-order valence-corrected chi connectivity index (χ0v) is 12.8. The fraction of sp³-hybridized carbons (Fsp3) is 0.533. The van der Waals surface area contributed by atoms with Crippen molar-refractivity contribution >= 4 is 11.6 Å². The van der Waals surface area contributed by atoms with E-state index < -0.39 is 6.04 Å². The summed E-state index contributed by atoms with van der Waals surface area (Å²) < 4.78 is 15.6. The van der Waals surface area contributed by atoms with Gasteiger partial charge in [-0.2, -0.15) is 0 Å². The van der Waals surface area contributed by atoms with E-state index in [0.717, 1.165) is 6.42 Å². The van der Waals surface area contributed by atoms with Gasteiger partial charge in [-0.3, -0.25) is 4.79 Å². The topological polar surface area (TPSA) is 82.8 Å². The van der Waals surface area contributed by atoms with Crippen molar-refractivity contribution in [3.05, 3.63) is 18.2 Å². The fourth-order valence-corrected chi connectivity index (χ4v) is 1.83. The Morgan fingerprint density at radius 3 is 2.71 bits per heavy atom. The molecule has 0 fully saturated rings. The zero-order chi connectivity index (χ0) is 15.7. The highest BCUT2D eigenvalue weighted by molar-refractivity contribution is 5.94. The molecule has 0 bridgehead atoms. The molecule has 3 N–H and O–H groups in total. The number of methoxy groups -OCH3 is 2. The molecule has 118 valence electrons. The number of nitrogens with two attached hydrogens (primary N) is 1. The normalized spacial score (nSPS) is 11.8. The molecule has 1 rings (SSSR count). The zero-order valence-electron chi connectivity index (χ0n) is 12.8. The van der Waals surface area contributed by atoms with Crippen molar-refractivity contribution in [2.45, 2.75) is 25.8 Å². The highest BCUT2D eigenvalue weighted by Gasteiger charge is 2.14. The number of rotatable bonds is 9. The number of anilines is 1. The van der Waals surface area contributed by atoms with Gasteiger partial charge in [-0.1, -0.05) is 0 Å². The van der Waals surface area contributed by atoms with E-state index in [1.807, 2.05) is 6.92 Å². The van der Waals surface area contributed by atoms with Gasteiger partial charge in [0.15, 0.2) is 11.5 Å². The average Bonchev–Trinajstić information content (AvgIpc) is 2.49. The number of carbonyl (C=O) groups is 1. The van der Waals surface area contributed by atoms with Crippen molar-refractivity contribution in [2.24, 2.45) is 5.73 Å². The van der Waals surface area contributed by atoms with Gasteiger partial charge >= 0.3 is 0 Å². The van der Waals surface area contributed by atoms with Crippen molar-refractivity contribution in [3.8, 4) is 11.5 Å². The number of amides is 1. The predicted octanol–water partition coefficient (Wildman–Crippen LogP) is 1.79. The minimum atomic E-state index is -0.558. The molecule has 1 amide bonds. The summed E-state index contributed by atoms with van der Waals surface area (Å²) in [6, 6.07) is 4.67. The first-order chi connectivity index (χ1) is 10.1. The Morgan fingerprint density at radius 1 is 1.33 bits per heavy atom. The molecule has 1 atom stereocenters. The van der Waals surface area contributed by atoms with Crippen LogP contribution in [0.4, 0.5) is 5.69 Å². The first-order valence-corrected chi connectivity index (χ1v) is 6.98. The average molecular weight is 296 g/mol. The van der Waals surface area contributed by atoms with Crippen LogP contribution in [0.1, 0.15) is 19.8 Å². The second-order valence-electron chi connectivity index (χ2n) is 4.53. The Balaban J connectivity index is 2.63. The molecular weight excluding hydrogens is 272 g/mol. The van der Waals surface area contributed by atoms with Gasteiger partial charge in [0.2, 0.25) is 5.91 Å². The summed E-state index contributed by atoms with van der Waals surface area (Å²) in [5.74, 6) is 0.988. The molecule has 1 aromatic carbocycles. The van der Waals surface area contributed by atoms with Gasteiger partial charge in [0.25, 0.3) is 0 Å². The lowest BCUT2D eigenvalue weighted by Crippen LogP contribution is -2.35. The second-order valence-corrected chi connectivity index (χ2v) is 4.53. The standard InChI is InChI=1S/C15H24N2O4/c1-4-21-13-8-7-11(10-14(13)20-3)17-15(18)12(16)6-5-9-19-2/h7-8,10,12H,4-6,9,16H2,1-3H3,(H,17,18). The predicted molar refractivity (Wildman–Crippen MR) is 81.9 cm³/mol. The van der Waals surface area contributed by atoms with Crippen molar-refractivity contribution in [1.82, 2.24) is 0 Å². The summed E-state index contributed by atoms with van der Waals surface area (Å²) in [7, 11) is 3.18. The van der Waals surface area contributed by atoms with Gasteiger partial charge in [0.05, 0.1) is 19.8 Å². The molecule has 6 heteroatoms.